The van der Waals surface area contributed by atoms with Crippen molar-refractivity contribution in [2.75, 3.05) is 0 Å². The van der Waals surface area contributed by atoms with Crippen LogP contribution >= 0.6 is 23.2 Å². The fourth-order valence-electron chi connectivity index (χ4n) is 2.43. The number of benzene rings is 2. The minimum Gasteiger partial charge on any atom is -0.505 e. The molecule has 0 amide bonds. The van der Waals surface area contributed by atoms with Crippen molar-refractivity contribution in [2.24, 2.45) is 0 Å². The van der Waals surface area contributed by atoms with Crippen molar-refractivity contribution >= 4 is 29.2 Å². The van der Waals surface area contributed by atoms with Crippen LogP contribution in [0.3, 0.4) is 0 Å². The van der Waals surface area contributed by atoms with Crippen molar-refractivity contribution < 1.29 is 32.6 Å². The standard InChI is InChI=1S/C17H13Cl2F4NO3/c18-11-5-8(6-12(19)14(11)25)7-13(16(26)27)24-15(17(21,22)23)9-1-3-10(20)4-2-9/h1-6,13,15,24-25H,7H2,(H,26,27)/t13-,15-/m0/s1. The molecule has 10 heteroatoms. The Kier molecular flexibility index (Phi) is 6.56. The molecule has 0 spiro atoms. The highest BCUT2D eigenvalue weighted by molar-refractivity contribution is 6.37. The summed E-state index contributed by atoms with van der Waals surface area (Å²) >= 11 is 11.5. The van der Waals surface area contributed by atoms with Gasteiger partial charge in [-0.3, -0.25) is 10.1 Å². The Bertz CT molecular complexity index is 805. The number of halogens is 6. The normalized spacial score (nSPS) is 14.0. The van der Waals surface area contributed by atoms with Crippen molar-refractivity contribution in [1.29, 1.82) is 0 Å². The Labute approximate surface area is 161 Å². The van der Waals surface area contributed by atoms with E-state index in [2.05, 4.69) is 0 Å². The van der Waals surface area contributed by atoms with Gasteiger partial charge in [-0.25, -0.2) is 4.39 Å². The molecule has 0 saturated carbocycles. The Hall–Kier alpha value is -2.03. The number of hydrogen-bond acceptors (Lipinski definition) is 3. The molecule has 0 saturated heterocycles. The SMILES string of the molecule is O=C(O)[C@H](Cc1cc(Cl)c(O)c(Cl)c1)N[C@@H](c1ccc(F)cc1)C(F)(F)F. The van der Waals surface area contributed by atoms with Crippen LogP contribution in [0.4, 0.5) is 17.6 Å². The van der Waals surface area contributed by atoms with Gasteiger partial charge in [-0.2, -0.15) is 13.2 Å². The number of phenols is 1. The minimum absolute atomic E-state index is 0.160. The van der Waals surface area contributed by atoms with Gasteiger partial charge >= 0.3 is 12.1 Å². The van der Waals surface area contributed by atoms with Crippen molar-refractivity contribution in [3.63, 3.8) is 0 Å². The van der Waals surface area contributed by atoms with Crippen molar-refractivity contribution in [3.05, 3.63) is 63.4 Å². The topological polar surface area (TPSA) is 69.6 Å². The molecule has 27 heavy (non-hydrogen) atoms. The fraction of sp³-hybridized carbons (Fsp3) is 0.235. The second-order valence-corrected chi connectivity index (χ2v) is 6.51. The molecule has 0 aliphatic carbocycles. The number of nitrogens with one attached hydrogen (secondary N) is 1. The van der Waals surface area contributed by atoms with Gasteiger partial charge in [0.05, 0.1) is 10.0 Å². The molecule has 2 aromatic rings. The molecule has 0 unspecified atom stereocenters. The summed E-state index contributed by atoms with van der Waals surface area (Å²) in [6, 6.07) is 1.99. The van der Waals surface area contributed by atoms with Gasteiger partial charge in [-0.1, -0.05) is 35.3 Å². The zero-order valence-corrected chi connectivity index (χ0v) is 14.9. The number of rotatable bonds is 6. The van der Waals surface area contributed by atoms with Crippen LogP contribution in [0, 0.1) is 5.82 Å². The Morgan fingerprint density at radius 1 is 1.11 bits per heavy atom. The molecule has 2 rings (SSSR count). The number of phenolic OH excluding ortho intramolecular Hbond substituents is 1. The molecular weight excluding hydrogens is 413 g/mol. The second kappa shape index (κ2) is 8.33. The molecule has 4 nitrogen and oxygen atoms in total. The van der Waals surface area contributed by atoms with Crippen LogP contribution in [0.2, 0.25) is 10.0 Å². The number of carbonyl (C=O) groups is 1. The number of aliphatic carboxylic acids is 1. The quantitative estimate of drug-likeness (QED) is 0.585. The third kappa shape index (κ3) is 5.47. The van der Waals surface area contributed by atoms with Crippen molar-refractivity contribution in [3.8, 4) is 5.75 Å². The molecular formula is C17H13Cl2F4NO3. The van der Waals surface area contributed by atoms with Gasteiger partial charge in [0, 0.05) is 0 Å². The number of alkyl halides is 3. The molecule has 2 atom stereocenters. The third-order valence-electron chi connectivity index (χ3n) is 3.71. The van der Waals surface area contributed by atoms with Crippen LogP contribution in [-0.4, -0.2) is 28.4 Å². The molecule has 0 fully saturated rings. The summed E-state index contributed by atoms with van der Waals surface area (Å²) in [6.07, 6.45) is -5.21. The minimum atomic E-state index is -4.82. The molecule has 0 aromatic heterocycles. The van der Waals surface area contributed by atoms with E-state index in [4.69, 9.17) is 23.2 Å². The van der Waals surface area contributed by atoms with Gasteiger partial charge in [0.1, 0.15) is 17.9 Å². The number of aromatic hydroxyl groups is 1. The maximum Gasteiger partial charge on any atom is 0.407 e. The second-order valence-electron chi connectivity index (χ2n) is 5.70. The van der Waals surface area contributed by atoms with Crippen LogP contribution in [-0.2, 0) is 11.2 Å². The first-order valence-electron chi connectivity index (χ1n) is 7.47. The van der Waals surface area contributed by atoms with Gasteiger partial charge in [-0.05, 0) is 41.8 Å². The summed E-state index contributed by atoms with van der Waals surface area (Å²) in [5.41, 5.74) is -0.125. The van der Waals surface area contributed by atoms with Gasteiger partial charge in [0.2, 0.25) is 0 Å². The van der Waals surface area contributed by atoms with Crippen LogP contribution in [0.15, 0.2) is 36.4 Å². The third-order valence-corrected chi connectivity index (χ3v) is 4.29. The van der Waals surface area contributed by atoms with Gasteiger partial charge in [0.25, 0.3) is 0 Å². The first-order valence-corrected chi connectivity index (χ1v) is 8.22. The summed E-state index contributed by atoms with van der Waals surface area (Å²) < 4.78 is 53.3. The highest BCUT2D eigenvalue weighted by Crippen LogP contribution is 2.35. The summed E-state index contributed by atoms with van der Waals surface area (Å²) in [4.78, 5) is 11.5. The van der Waals surface area contributed by atoms with Crippen LogP contribution < -0.4 is 5.32 Å². The van der Waals surface area contributed by atoms with Crippen LogP contribution in [0.1, 0.15) is 17.2 Å². The maximum absolute atomic E-state index is 13.4. The van der Waals surface area contributed by atoms with Crippen molar-refractivity contribution in [2.45, 2.75) is 24.7 Å². The zero-order chi connectivity index (χ0) is 20.4. The Morgan fingerprint density at radius 2 is 1.63 bits per heavy atom. The molecule has 3 N–H and O–H groups in total. The molecule has 0 radical (unpaired) electrons. The maximum atomic E-state index is 13.4. The predicted molar refractivity (Wildman–Crippen MR) is 91.6 cm³/mol. The first kappa shape index (κ1) is 21.3. The molecule has 0 heterocycles. The van der Waals surface area contributed by atoms with E-state index in [1.165, 1.54) is 12.1 Å². The van der Waals surface area contributed by atoms with Gasteiger partial charge in [-0.15, -0.1) is 0 Å². The molecule has 0 aliphatic heterocycles. The van der Waals surface area contributed by atoms with Crippen LogP contribution in [0.25, 0.3) is 0 Å². The lowest BCUT2D eigenvalue weighted by molar-refractivity contribution is -0.163. The lowest BCUT2D eigenvalue weighted by Gasteiger charge is -2.26. The van der Waals surface area contributed by atoms with Crippen LogP contribution in [0.5, 0.6) is 5.75 Å². The van der Waals surface area contributed by atoms with E-state index in [1.54, 1.807) is 0 Å². The summed E-state index contributed by atoms with van der Waals surface area (Å²) in [7, 11) is 0. The van der Waals surface area contributed by atoms with E-state index in [1.807, 2.05) is 5.32 Å². The van der Waals surface area contributed by atoms with Crippen molar-refractivity contribution in [1.82, 2.24) is 5.32 Å². The molecule has 146 valence electrons. The summed E-state index contributed by atoms with van der Waals surface area (Å²) in [5.74, 6) is -2.67. The monoisotopic (exact) mass is 425 g/mol. The lowest BCUT2D eigenvalue weighted by Crippen LogP contribution is -2.45. The molecule has 0 aliphatic rings. The van der Waals surface area contributed by atoms with Gasteiger partial charge in [0.15, 0.2) is 5.75 Å². The number of carboxylic acid groups (broad SMARTS) is 1. The zero-order valence-electron chi connectivity index (χ0n) is 13.4. The summed E-state index contributed by atoms with van der Waals surface area (Å²) in [6.45, 7) is 0. The lowest BCUT2D eigenvalue weighted by atomic mass is 10.0. The Morgan fingerprint density at radius 3 is 2.07 bits per heavy atom. The highest BCUT2D eigenvalue weighted by atomic mass is 35.5. The highest BCUT2D eigenvalue weighted by Gasteiger charge is 2.42. The largest absolute Gasteiger partial charge is 0.505 e. The molecule has 0 bridgehead atoms. The number of carboxylic acids is 1. The van der Waals surface area contributed by atoms with E-state index in [9.17, 15) is 32.6 Å². The molecule has 2 aromatic carbocycles. The van der Waals surface area contributed by atoms with Gasteiger partial charge < -0.3 is 10.2 Å². The number of hydrogen-bond donors (Lipinski definition) is 3. The predicted octanol–water partition coefficient (Wildman–Crippen LogP) is 4.73. The van der Waals surface area contributed by atoms with E-state index in [0.29, 0.717) is 0 Å². The van der Waals surface area contributed by atoms with E-state index in [-0.39, 0.29) is 27.6 Å². The Balaban J connectivity index is 2.31. The van der Waals surface area contributed by atoms with E-state index < -0.39 is 35.8 Å². The summed E-state index contributed by atoms with van der Waals surface area (Å²) in [5, 5.41) is 20.6. The average molecular weight is 426 g/mol. The van der Waals surface area contributed by atoms with E-state index >= 15 is 0 Å². The fourth-order valence-corrected chi connectivity index (χ4v) is 2.96. The smallest absolute Gasteiger partial charge is 0.407 e. The first-order chi connectivity index (χ1) is 12.5. The van der Waals surface area contributed by atoms with E-state index in [0.717, 1.165) is 24.3 Å². The average Bonchev–Trinajstić information content (AvgIpc) is 2.56.